The van der Waals surface area contributed by atoms with Crippen molar-refractivity contribution in [3.05, 3.63) is 65.7 Å². The molecule has 0 spiro atoms. The number of benzene rings is 2. The van der Waals surface area contributed by atoms with Crippen LogP contribution in [-0.4, -0.2) is 55.0 Å². The highest BCUT2D eigenvalue weighted by Gasteiger charge is 2.38. The SMILES string of the molecule is CS(=O)(=O)NCCCNCc1ccc(-c2ccc(-c3nc4ccc(C(F)(F)F)cc4[nH]3)s2)cc1.O=C(O)C(F)(F)F. The lowest BCUT2D eigenvalue weighted by molar-refractivity contribution is -0.192. The Balaban J connectivity index is 0.000000587. The molecule has 0 saturated heterocycles. The third-order valence-corrected chi connectivity index (χ3v) is 7.22. The number of aliphatic carboxylic acids is 1. The van der Waals surface area contributed by atoms with Crippen molar-refractivity contribution < 1.29 is 44.7 Å². The van der Waals surface area contributed by atoms with Crippen LogP contribution in [0.1, 0.15) is 17.5 Å². The zero-order valence-electron chi connectivity index (χ0n) is 21.2. The number of aromatic nitrogens is 2. The van der Waals surface area contributed by atoms with E-state index in [0.29, 0.717) is 42.9 Å². The number of carbonyl (C=O) groups is 1. The van der Waals surface area contributed by atoms with Gasteiger partial charge >= 0.3 is 18.3 Å². The first kappa shape index (κ1) is 32.0. The lowest BCUT2D eigenvalue weighted by Gasteiger charge is -2.06. The molecule has 8 nitrogen and oxygen atoms in total. The number of carboxylic acids is 1. The number of alkyl halides is 6. The van der Waals surface area contributed by atoms with Crippen LogP contribution in [-0.2, 0) is 27.5 Å². The van der Waals surface area contributed by atoms with Gasteiger partial charge < -0.3 is 15.4 Å². The highest BCUT2D eigenvalue weighted by atomic mass is 32.2. The summed E-state index contributed by atoms with van der Waals surface area (Å²) in [4.78, 5) is 18.2. The Labute approximate surface area is 234 Å². The Hall–Kier alpha value is -3.47. The standard InChI is InChI=1S/C23H23F3N4O2S2.C2HF3O2/c1-34(31,32)28-12-2-11-27-14-15-3-5-16(6-4-15)20-9-10-21(33-20)22-29-18-8-7-17(23(24,25)26)13-19(18)30-22;3-2(4,5)1(6)7/h3-10,13,27-28H,2,11-12,14H2,1H3,(H,29,30);(H,6,7). The summed E-state index contributed by atoms with van der Waals surface area (Å²) in [5.74, 6) is -2.22. The minimum atomic E-state index is -5.08. The van der Waals surface area contributed by atoms with Crippen LogP contribution in [0.4, 0.5) is 26.3 Å². The maximum Gasteiger partial charge on any atom is 0.490 e. The summed E-state index contributed by atoms with van der Waals surface area (Å²) < 4.78 is 95.1. The Bertz CT molecular complexity index is 1580. The van der Waals surface area contributed by atoms with Crippen molar-refractivity contribution in [3.8, 4) is 21.1 Å². The van der Waals surface area contributed by atoms with Crippen molar-refractivity contribution in [3.63, 3.8) is 0 Å². The van der Waals surface area contributed by atoms with Crippen LogP contribution in [0.2, 0.25) is 0 Å². The lowest BCUT2D eigenvalue weighted by Crippen LogP contribution is -2.26. The number of fused-ring (bicyclic) bond motifs is 1. The van der Waals surface area contributed by atoms with Crippen LogP contribution in [0.25, 0.3) is 32.2 Å². The molecule has 2 heterocycles. The minimum Gasteiger partial charge on any atom is -0.475 e. The molecule has 222 valence electrons. The molecule has 0 aliphatic rings. The predicted molar refractivity (Wildman–Crippen MR) is 143 cm³/mol. The minimum absolute atomic E-state index is 0.351. The van der Waals surface area contributed by atoms with Crippen LogP contribution in [0.15, 0.2) is 54.6 Å². The quantitative estimate of drug-likeness (QED) is 0.142. The number of halogens is 6. The smallest absolute Gasteiger partial charge is 0.475 e. The molecule has 2 aromatic heterocycles. The molecule has 0 unspecified atom stereocenters. The Kier molecular flexibility index (Phi) is 10.2. The van der Waals surface area contributed by atoms with Gasteiger partial charge in [-0.1, -0.05) is 24.3 Å². The van der Waals surface area contributed by atoms with Gasteiger partial charge in [0.25, 0.3) is 0 Å². The van der Waals surface area contributed by atoms with Gasteiger partial charge in [0.05, 0.1) is 27.7 Å². The first-order valence-electron chi connectivity index (χ1n) is 11.7. The van der Waals surface area contributed by atoms with Gasteiger partial charge in [-0.15, -0.1) is 11.3 Å². The highest BCUT2D eigenvalue weighted by molar-refractivity contribution is 7.88. The molecule has 0 atom stereocenters. The number of aromatic amines is 1. The van der Waals surface area contributed by atoms with Crippen molar-refractivity contribution in [2.75, 3.05) is 19.3 Å². The zero-order chi connectivity index (χ0) is 30.4. The topological polar surface area (TPSA) is 124 Å². The second-order valence-electron chi connectivity index (χ2n) is 8.68. The highest BCUT2D eigenvalue weighted by Crippen LogP contribution is 2.35. The number of thiophene rings is 1. The fourth-order valence-electron chi connectivity index (χ4n) is 3.41. The van der Waals surface area contributed by atoms with E-state index in [1.807, 2.05) is 36.4 Å². The number of hydrogen-bond acceptors (Lipinski definition) is 6. The van der Waals surface area contributed by atoms with E-state index in [4.69, 9.17) is 9.90 Å². The maximum absolute atomic E-state index is 13.0. The first-order valence-corrected chi connectivity index (χ1v) is 14.5. The molecule has 0 aliphatic heterocycles. The Morgan fingerprint density at radius 1 is 0.976 bits per heavy atom. The fourth-order valence-corrected chi connectivity index (χ4v) is 4.88. The van der Waals surface area contributed by atoms with Crippen molar-refractivity contribution in [1.29, 1.82) is 0 Å². The van der Waals surface area contributed by atoms with E-state index in [0.717, 1.165) is 39.3 Å². The summed E-state index contributed by atoms with van der Waals surface area (Å²) in [5, 5.41) is 10.4. The summed E-state index contributed by atoms with van der Waals surface area (Å²) >= 11 is 1.51. The van der Waals surface area contributed by atoms with Crippen molar-refractivity contribution in [2.45, 2.75) is 25.3 Å². The van der Waals surface area contributed by atoms with Gasteiger partial charge in [0, 0.05) is 18.0 Å². The second kappa shape index (κ2) is 13.0. The summed E-state index contributed by atoms with van der Waals surface area (Å²) in [6, 6.07) is 15.5. The van der Waals surface area contributed by atoms with Gasteiger partial charge in [0.1, 0.15) is 5.82 Å². The van der Waals surface area contributed by atoms with Gasteiger partial charge in [-0.3, -0.25) is 0 Å². The van der Waals surface area contributed by atoms with Crippen molar-refractivity contribution in [1.82, 2.24) is 20.0 Å². The van der Waals surface area contributed by atoms with Gasteiger partial charge in [-0.05, 0) is 54.4 Å². The number of hydrogen-bond donors (Lipinski definition) is 4. The summed E-state index contributed by atoms with van der Waals surface area (Å²) in [6.45, 7) is 1.77. The average Bonchev–Trinajstić information content (AvgIpc) is 3.52. The van der Waals surface area contributed by atoms with E-state index in [9.17, 15) is 34.8 Å². The number of carboxylic acid groups (broad SMARTS) is 1. The molecule has 0 bridgehead atoms. The largest absolute Gasteiger partial charge is 0.490 e. The normalized spacial score (nSPS) is 12.3. The Morgan fingerprint density at radius 3 is 2.20 bits per heavy atom. The van der Waals surface area contributed by atoms with E-state index in [1.54, 1.807) is 0 Å². The third kappa shape index (κ3) is 9.84. The van der Waals surface area contributed by atoms with E-state index >= 15 is 0 Å². The van der Waals surface area contributed by atoms with Crippen LogP contribution in [0.3, 0.4) is 0 Å². The molecule has 2 aromatic carbocycles. The number of nitrogens with zero attached hydrogens (tertiary/aromatic N) is 1. The number of imidazole rings is 1. The molecular formula is C25H24F6N4O4S2. The molecule has 41 heavy (non-hydrogen) atoms. The molecule has 0 saturated carbocycles. The lowest BCUT2D eigenvalue weighted by atomic mass is 10.1. The second-order valence-corrected chi connectivity index (χ2v) is 11.6. The van der Waals surface area contributed by atoms with Gasteiger partial charge in [0.2, 0.25) is 10.0 Å². The van der Waals surface area contributed by atoms with Crippen LogP contribution in [0.5, 0.6) is 0 Å². The van der Waals surface area contributed by atoms with E-state index in [1.165, 1.54) is 17.4 Å². The fraction of sp³-hybridized carbons (Fsp3) is 0.280. The summed E-state index contributed by atoms with van der Waals surface area (Å²) in [7, 11) is -3.15. The molecule has 0 fully saturated rings. The van der Waals surface area contributed by atoms with E-state index in [2.05, 4.69) is 20.0 Å². The van der Waals surface area contributed by atoms with Crippen LogP contribution >= 0.6 is 11.3 Å². The monoisotopic (exact) mass is 622 g/mol. The van der Waals surface area contributed by atoms with E-state index < -0.39 is 33.9 Å². The van der Waals surface area contributed by atoms with Crippen LogP contribution < -0.4 is 10.0 Å². The third-order valence-electron chi connectivity index (χ3n) is 5.35. The summed E-state index contributed by atoms with van der Waals surface area (Å²) in [5.41, 5.74) is 2.27. The molecule has 4 N–H and O–H groups in total. The molecule has 0 aliphatic carbocycles. The molecule has 4 aromatic rings. The number of nitrogens with one attached hydrogen (secondary N) is 3. The zero-order valence-corrected chi connectivity index (χ0v) is 22.9. The molecule has 16 heteroatoms. The molecule has 4 rings (SSSR count). The number of H-pyrrole nitrogens is 1. The predicted octanol–water partition coefficient (Wildman–Crippen LogP) is 5.64. The van der Waals surface area contributed by atoms with Gasteiger partial charge in [0.15, 0.2) is 0 Å². The van der Waals surface area contributed by atoms with E-state index in [-0.39, 0.29) is 0 Å². The Morgan fingerprint density at radius 2 is 1.61 bits per heavy atom. The first-order chi connectivity index (χ1) is 19.0. The molecule has 0 amide bonds. The summed E-state index contributed by atoms with van der Waals surface area (Å²) in [6.07, 6.45) is -7.64. The van der Waals surface area contributed by atoms with Crippen molar-refractivity contribution >= 4 is 38.4 Å². The number of rotatable bonds is 9. The molecular weight excluding hydrogens is 598 g/mol. The maximum atomic E-state index is 13.0. The van der Waals surface area contributed by atoms with Gasteiger partial charge in [-0.25, -0.2) is 22.9 Å². The molecule has 0 radical (unpaired) electrons. The number of sulfonamides is 1. The average molecular weight is 623 g/mol. The van der Waals surface area contributed by atoms with Gasteiger partial charge in [-0.2, -0.15) is 26.3 Å². The van der Waals surface area contributed by atoms with Crippen LogP contribution in [0, 0.1) is 0 Å². The van der Waals surface area contributed by atoms with Crippen molar-refractivity contribution in [2.24, 2.45) is 0 Å².